The molecule has 2 atom stereocenters. The molecular weight excluding hydrogens is 272 g/mol. The Morgan fingerprint density at radius 2 is 1.95 bits per heavy atom. The van der Waals surface area contributed by atoms with Crippen molar-refractivity contribution >= 4 is 16.2 Å². The van der Waals surface area contributed by atoms with Crippen LogP contribution >= 0.6 is 0 Å². The minimum atomic E-state index is -3.56. The minimum Gasteiger partial charge on any atom is -0.479 e. The van der Waals surface area contributed by atoms with Crippen LogP contribution in [0.5, 0.6) is 0 Å². The molecule has 0 aliphatic carbocycles. The molecule has 0 aromatic heterocycles. The van der Waals surface area contributed by atoms with Gasteiger partial charge in [-0.3, -0.25) is 0 Å². The van der Waals surface area contributed by atoms with Gasteiger partial charge >= 0.3 is 5.97 Å². The summed E-state index contributed by atoms with van der Waals surface area (Å²) in [7, 11) is -3.56. The maximum Gasteiger partial charge on any atom is 0.334 e. The monoisotopic (exact) mass is 292 g/mol. The van der Waals surface area contributed by atoms with E-state index < -0.39 is 22.3 Å². The molecule has 2 unspecified atom stereocenters. The lowest BCUT2D eigenvalue weighted by Crippen LogP contribution is -2.54. The minimum absolute atomic E-state index is 0.109. The molecule has 0 aromatic carbocycles. The van der Waals surface area contributed by atoms with E-state index in [9.17, 15) is 13.2 Å². The third kappa shape index (κ3) is 3.25. The molecule has 2 rings (SSSR count). The molecule has 2 fully saturated rings. The fraction of sp³-hybridized carbons (Fsp3) is 0.909. The van der Waals surface area contributed by atoms with E-state index in [1.807, 2.05) is 6.92 Å². The van der Waals surface area contributed by atoms with Crippen LogP contribution in [0.1, 0.15) is 19.8 Å². The quantitative estimate of drug-likeness (QED) is 0.775. The molecule has 19 heavy (non-hydrogen) atoms. The van der Waals surface area contributed by atoms with Crippen LogP contribution in [0.15, 0.2) is 0 Å². The number of nitrogens with zero attached hydrogens (tertiary/aromatic N) is 2. The molecule has 0 aromatic rings. The number of hydrogen-bond donors (Lipinski definition) is 1. The molecular formula is C11H20N2O5S. The third-order valence-electron chi connectivity index (χ3n) is 3.58. The van der Waals surface area contributed by atoms with E-state index in [1.54, 1.807) is 0 Å². The average Bonchev–Trinajstić information content (AvgIpc) is 2.39. The van der Waals surface area contributed by atoms with Crippen LogP contribution in [0.4, 0.5) is 0 Å². The smallest absolute Gasteiger partial charge is 0.334 e. The van der Waals surface area contributed by atoms with Gasteiger partial charge in [0, 0.05) is 19.6 Å². The Kier molecular flexibility index (Phi) is 4.44. The second-order valence-corrected chi connectivity index (χ2v) is 7.10. The lowest BCUT2D eigenvalue weighted by Gasteiger charge is -2.37. The maximum absolute atomic E-state index is 12.5. The van der Waals surface area contributed by atoms with Crippen LogP contribution in [-0.4, -0.2) is 67.0 Å². The molecule has 0 amide bonds. The van der Waals surface area contributed by atoms with Crippen molar-refractivity contribution in [1.82, 2.24) is 8.61 Å². The Labute approximate surface area is 113 Å². The first-order valence-electron chi connectivity index (χ1n) is 6.51. The van der Waals surface area contributed by atoms with E-state index in [0.717, 1.165) is 12.8 Å². The van der Waals surface area contributed by atoms with Gasteiger partial charge in [0.15, 0.2) is 6.10 Å². The lowest BCUT2D eigenvalue weighted by atomic mass is 10.0. The van der Waals surface area contributed by atoms with Crippen molar-refractivity contribution < 1.29 is 23.1 Å². The Bertz CT molecular complexity index is 438. The molecule has 8 heteroatoms. The number of carboxylic acid groups (broad SMARTS) is 1. The van der Waals surface area contributed by atoms with Crippen molar-refractivity contribution in [3.63, 3.8) is 0 Å². The molecule has 0 saturated carbocycles. The number of hydrogen-bond acceptors (Lipinski definition) is 4. The molecule has 0 radical (unpaired) electrons. The molecule has 2 heterocycles. The first kappa shape index (κ1) is 14.7. The highest BCUT2D eigenvalue weighted by atomic mass is 32.2. The van der Waals surface area contributed by atoms with E-state index >= 15 is 0 Å². The number of carbonyl (C=O) groups is 1. The fourth-order valence-corrected chi connectivity index (χ4v) is 4.26. The van der Waals surface area contributed by atoms with Gasteiger partial charge in [-0.25, -0.2) is 4.79 Å². The van der Waals surface area contributed by atoms with Gasteiger partial charge in [0.1, 0.15) is 0 Å². The van der Waals surface area contributed by atoms with Gasteiger partial charge in [0.2, 0.25) is 0 Å². The summed E-state index contributed by atoms with van der Waals surface area (Å²) in [6, 6.07) is 0. The zero-order valence-electron chi connectivity index (χ0n) is 11.0. The molecule has 2 aliphatic heterocycles. The summed E-state index contributed by atoms with van der Waals surface area (Å²) in [5.41, 5.74) is 0. The van der Waals surface area contributed by atoms with Crippen LogP contribution in [0.25, 0.3) is 0 Å². The summed E-state index contributed by atoms with van der Waals surface area (Å²) in [5, 5.41) is 8.91. The summed E-state index contributed by atoms with van der Waals surface area (Å²) in [6.45, 7) is 3.29. The number of aliphatic carboxylic acids is 1. The van der Waals surface area contributed by atoms with E-state index in [2.05, 4.69) is 0 Å². The topological polar surface area (TPSA) is 87.2 Å². The van der Waals surface area contributed by atoms with Crippen LogP contribution in [0, 0.1) is 5.92 Å². The van der Waals surface area contributed by atoms with E-state index in [4.69, 9.17) is 9.84 Å². The molecule has 0 spiro atoms. The van der Waals surface area contributed by atoms with Crippen molar-refractivity contribution in [3.8, 4) is 0 Å². The second kappa shape index (κ2) is 5.74. The zero-order valence-corrected chi connectivity index (χ0v) is 11.8. The van der Waals surface area contributed by atoms with Crippen LogP contribution in [0.2, 0.25) is 0 Å². The summed E-state index contributed by atoms with van der Waals surface area (Å²) in [5.74, 6) is -0.772. The van der Waals surface area contributed by atoms with Crippen LogP contribution in [0.3, 0.4) is 0 Å². The lowest BCUT2D eigenvalue weighted by molar-refractivity contribution is -0.153. The maximum atomic E-state index is 12.5. The number of morpholine rings is 1. The van der Waals surface area contributed by atoms with E-state index in [-0.39, 0.29) is 19.7 Å². The molecule has 7 nitrogen and oxygen atoms in total. The highest BCUT2D eigenvalue weighted by molar-refractivity contribution is 7.86. The summed E-state index contributed by atoms with van der Waals surface area (Å²) >= 11 is 0. The van der Waals surface area contributed by atoms with Gasteiger partial charge in [0.05, 0.1) is 13.2 Å². The van der Waals surface area contributed by atoms with Gasteiger partial charge in [-0.2, -0.15) is 17.0 Å². The number of rotatable bonds is 3. The Morgan fingerprint density at radius 3 is 2.58 bits per heavy atom. The highest BCUT2D eigenvalue weighted by Crippen LogP contribution is 2.22. The summed E-state index contributed by atoms with van der Waals surface area (Å²) in [6.07, 6.45) is 0.825. The van der Waals surface area contributed by atoms with Gasteiger partial charge in [-0.05, 0) is 18.8 Å². The van der Waals surface area contributed by atoms with Gasteiger partial charge in [-0.15, -0.1) is 0 Å². The van der Waals surface area contributed by atoms with Gasteiger partial charge in [-0.1, -0.05) is 6.92 Å². The highest BCUT2D eigenvalue weighted by Gasteiger charge is 2.37. The van der Waals surface area contributed by atoms with Crippen LogP contribution in [-0.2, 0) is 19.7 Å². The predicted molar refractivity (Wildman–Crippen MR) is 67.8 cm³/mol. The second-order valence-electron chi connectivity index (χ2n) is 5.17. The van der Waals surface area contributed by atoms with E-state index in [0.29, 0.717) is 19.0 Å². The van der Waals surface area contributed by atoms with Crippen molar-refractivity contribution in [3.05, 3.63) is 0 Å². The van der Waals surface area contributed by atoms with Crippen molar-refractivity contribution in [2.24, 2.45) is 5.92 Å². The molecule has 0 bridgehead atoms. The van der Waals surface area contributed by atoms with Crippen molar-refractivity contribution in [1.29, 1.82) is 0 Å². The van der Waals surface area contributed by atoms with Crippen molar-refractivity contribution in [2.75, 3.05) is 32.8 Å². The molecule has 2 aliphatic rings. The molecule has 2 saturated heterocycles. The number of piperidine rings is 1. The molecule has 1 N–H and O–H groups in total. The Morgan fingerprint density at radius 1 is 1.26 bits per heavy atom. The zero-order chi connectivity index (χ0) is 14.0. The van der Waals surface area contributed by atoms with Crippen molar-refractivity contribution in [2.45, 2.75) is 25.9 Å². The van der Waals surface area contributed by atoms with E-state index in [1.165, 1.54) is 8.61 Å². The van der Waals surface area contributed by atoms with Crippen LogP contribution < -0.4 is 0 Å². The number of ether oxygens (including phenoxy) is 1. The first-order valence-corrected chi connectivity index (χ1v) is 7.90. The normalized spacial score (nSPS) is 31.2. The molecule has 110 valence electrons. The van der Waals surface area contributed by atoms with Gasteiger partial charge in [0.25, 0.3) is 10.2 Å². The Hall–Kier alpha value is -0.700. The average molecular weight is 292 g/mol. The third-order valence-corrected chi connectivity index (χ3v) is 5.55. The summed E-state index contributed by atoms with van der Waals surface area (Å²) in [4.78, 5) is 10.9. The summed E-state index contributed by atoms with van der Waals surface area (Å²) < 4.78 is 32.7. The largest absolute Gasteiger partial charge is 0.479 e. The number of carboxylic acids is 1. The standard InChI is InChI=1S/C11H20N2O5S/c1-9-3-2-4-12(7-9)19(16,17)13-5-6-18-10(8-13)11(14)15/h9-10H,2-8H2,1H3,(H,14,15). The fourth-order valence-electron chi connectivity index (χ4n) is 2.50. The van der Waals surface area contributed by atoms with Gasteiger partial charge < -0.3 is 9.84 Å². The SMILES string of the molecule is CC1CCCN(S(=O)(=O)N2CCOC(C(=O)O)C2)C1. The Balaban J connectivity index is 2.08. The predicted octanol–water partition coefficient (Wildman–Crippen LogP) is -0.251. The first-order chi connectivity index (χ1) is 8.91.